The minimum atomic E-state index is -1.04. The van der Waals surface area contributed by atoms with Gasteiger partial charge in [-0.3, -0.25) is 15.0 Å². The molecule has 0 atom stereocenters. The van der Waals surface area contributed by atoms with Crippen molar-refractivity contribution in [2.24, 2.45) is 20.0 Å². The number of para-hydroxylation sites is 2. The number of hydrogen-bond donors (Lipinski definition) is 0. The molecule has 22 heavy (non-hydrogen) atoms. The molecule has 8 nitrogen and oxygen atoms in total. The SMILES string of the molecule is CN=C([O-])C([O-])=Nc1ccccc1N=C([O-])C(=NC)OC.[Ni]. The summed E-state index contributed by atoms with van der Waals surface area (Å²) in [6.45, 7) is 0. The zero-order chi connectivity index (χ0) is 15.8. The molecule has 0 saturated carbocycles. The summed E-state index contributed by atoms with van der Waals surface area (Å²) in [5.41, 5.74) is 0.206. The van der Waals surface area contributed by atoms with Crippen molar-refractivity contribution in [2.45, 2.75) is 0 Å². The minimum Gasteiger partial charge on any atom is -0.858 e. The van der Waals surface area contributed by atoms with Crippen LogP contribution in [0.5, 0.6) is 0 Å². The van der Waals surface area contributed by atoms with Crippen LogP contribution in [0.1, 0.15) is 0 Å². The van der Waals surface area contributed by atoms with E-state index in [1.54, 1.807) is 12.1 Å². The molecule has 9 heteroatoms. The van der Waals surface area contributed by atoms with Crippen molar-refractivity contribution in [3.8, 4) is 0 Å². The van der Waals surface area contributed by atoms with Crippen LogP contribution in [0.3, 0.4) is 0 Å². The number of ether oxygens (including phenoxy) is 1. The fourth-order valence-corrected chi connectivity index (χ4v) is 1.34. The summed E-state index contributed by atoms with van der Waals surface area (Å²) < 4.78 is 4.75. The van der Waals surface area contributed by atoms with E-state index in [1.165, 1.54) is 33.3 Å². The van der Waals surface area contributed by atoms with E-state index >= 15 is 0 Å². The summed E-state index contributed by atoms with van der Waals surface area (Å²) in [6, 6.07) is 6.12. The second-order valence-corrected chi connectivity index (χ2v) is 3.58. The van der Waals surface area contributed by atoms with Crippen LogP contribution >= 0.6 is 0 Å². The molecule has 0 fully saturated rings. The van der Waals surface area contributed by atoms with Gasteiger partial charge < -0.3 is 25.0 Å². The zero-order valence-corrected chi connectivity index (χ0v) is 13.0. The van der Waals surface area contributed by atoms with Crippen LogP contribution in [0.15, 0.2) is 44.2 Å². The Morgan fingerprint density at radius 3 is 1.77 bits per heavy atom. The van der Waals surface area contributed by atoms with Crippen molar-refractivity contribution in [1.82, 2.24) is 0 Å². The molecule has 1 aromatic rings. The van der Waals surface area contributed by atoms with Crippen LogP contribution in [-0.4, -0.2) is 44.8 Å². The Balaban J connectivity index is 0.00000441. The number of benzene rings is 1. The molecule has 0 amide bonds. The van der Waals surface area contributed by atoms with E-state index < -0.39 is 17.7 Å². The van der Waals surface area contributed by atoms with Gasteiger partial charge in [0, 0.05) is 30.6 Å². The minimum absolute atomic E-state index is 0. The van der Waals surface area contributed by atoms with Crippen molar-refractivity contribution < 1.29 is 36.5 Å². The first-order chi connectivity index (χ1) is 10.0. The van der Waals surface area contributed by atoms with Gasteiger partial charge in [-0.05, 0) is 23.9 Å². The van der Waals surface area contributed by atoms with Gasteiger partial charge in [0.15, 0.2) is 0 Å². The number of nitrogens with zero attached hydrogens (tertiary/aromatic N) is 4. The van der Waals surface area contributed by atoms with Crippen LogP contribution in [0, 0.1) is 0 Å². The molecule has 0 saturated heterocycles. The summed E-state index contributed by atoms with van der Waals surface area (Å²) in [7, 11) is 3.86. The van der Waals surface area contributed by atoms with Gasteiger partial charge in [-0.2, -0.15) is 0 Å². The van der Waals surface area contributed by atoms with Gasteiger partial charge in [0.25, 0.3) is 0 Å². The van der Waals surface area contributed by atoms with Gasteiger partial charge in [0.2, 0.25) is 5.90 Å². The van der Waals surface area contributed by atoms with Crippen LogP contribution < -0.4 is 15.3 Å². The van der Waals surface area contributed by atoms with E-state index in [0.29, 0.717) is 0 Å². The normalized spacial score (nSPS) is 13.6. The first-order valence-electron chi connectivity index (χ1n) is 5.79. The van der Waals surface area contributed by atoms with Gasteiger partial charge in [-0.15, -0.1) is 0 Å². The van der Waals surface area contributed by atoms with Gasteiger partial charge in [-0.25, -0.2) is 0 Å². The Morgan fingerprint density at radius 2 is 1.36 bits per heavy atom. The third kappa shape index (κ3) is 5.18. The van der Waals surface area contributed by atoms with E-state index in [1.807, 2.05) is 0 Å². The summed E-state index contributed by atoms with van der Waals surface area (Å²) in [5, 5.41) is 34.3. The molecule has 0 radical (unpaired) electrons. The monoisotopic (exact) mass is 347 g/mol. The second kappa shape index (κ2) is 9.52. The Hall–Kier alpha value is -2.41. The molecule has 1 aromatic carbocycles. The molecule has 0 aliphatic heterocycles. The molecule has 1 rings (SSSR count). The van der Waals surface area contributed by atoms with Gasteiger partial charge in [-0.1, -0.05) is 12.1 Å². The van der Waals surface area contributed by atoms with Crippen molar-refractivity contribution in [3.63, 3.8) is 0 Å². The molecule has 0 aliphatic carbocycles. The van der Waals surface area contributed by atoms with E-state index in [9.17, 15) is 15.3 Å². The topological polar surface area (TPSA) is 128 Å². The summed E-state index contributed by atoms with van der Waals surface area (Å²) in [4.78, 5) is 14.2. The molecule has 0 spiro atoms. The van der Waals surface area contributed by atoms with Crippen LogP contribution in [-0.2, 0) is 21.2 Å². The molecule has 122 valence electrons. The van der Waals surface area contributed by atoms with Crippen LogP contribution in [0.4, 0.5) is 11.4 Å². The maximum Gasteiger partial charge on any atom is 0.219 e. The van der Waals surface area contributed by atoms with Crippen molar-refractivity contribution in [1.29, 1.82) is 0 Å². The second-order valence-electron chi connectivity index (χ2n) is 3.58. The average molecular weight is 348 g/mol. The number of rotatable bonds is 2. The predicted octanol–water partition coefficient (Wildman–Crippen LogP) is -1.47. The van der Waals surface area contributed by atoms with Gasteiger partial charge >= 0.3 is 0 Å². The summed E-state index contributed by atoms with van der Waals surface area (Å²) in [5.74, 6) is -2.93. The molecular weight excluding hydrogens is 335 g/mol. The van der Waals surface area contributed by atoms with Gasteiger partial charge in [0.05, 0.1) is 24.4 Å². The first kappa shape index (κ1) is 19.6. The summed E-state index contributed by atoms with van der Waals surface area (Å²) >= 11 is 0. The fourth-order valence-electron chi connectivity index (χ4n) is 1.34. The van der Waals surface area contributed by atoms with Crippen molar-refractivity contribution >= 4 is 35.0 Å². The molecule has 0 N–H and O–H groups in total. The smallest absolute Gasteiger partial charge is 0.219 e. The standard InChI is InChI=1S/C13H16N4O4.Ni/c1-14-10(18)11(19)16-8-6-4-5-7-9(8)17-12(20)13(15-2)21-3;/h4-7H,1-3H3,(H,14,18)(H,16,19)(H,17,20);/p-3. The Kier molecular flexibility index (Phi) is 8.47. The number of aliphatic imine (C=N–C) groups is 4. The Morgan fingerprint density at radius 1 is 0.864 bits per heavy atom. The zero-order valence-electron chi connectivity index (χ0n) is 12.0. The third-order valence-electron chi connectivity index (χ3n) is 2.29. The average Bonchev–Trinajstić information content (AvgIpc) is 2.49. The van der Waals surface area contributed by atoms with Crippen LogP contribution in [0.2, 0.25) is 0 Å². The molecule has 0 aliphatic rings. The van der Waals surface area contributed by atoms with Gasteiger partial charge in [0.1, 0.15) is 0 Å². The largest absolute Gasteiger partial charge is 0.858 e. The maximum absolute atomic E-state index is 11.8. The third-order valence-corrected chi connectivity index (χ3v) is 2.29. The fraction of sp³-hybridized carbons (Fsp3) is 0.231. The van der Waals surface area contributed by atoms with E-state index in [-0.39, 0.29) is 33.8 Å². The molecule has 0 unspecified atom stereocenters. The number of hydrogen-bond acceptors (Lipinski definition) is 8. The predicted molar refractivity (Wildman–Crippen MR) is 74.4 cm³/mol. The van der Waals surface area contributed by atoms with E-state index in [4.69, 9.17) is 4.74 Å². The molecule has 0 bridgehead atoms. The van der Waals surface area contributed by atoms with Crippen molar-refractivity contribution in [2.75, 3.05) is 21.2 Å². The Labute approximate surface area is 137 Å². The quantitative estimate of drug-likeness (QED) is 0.367. The molecule has 0 heterocycles. The first-order valence-corrected chi connectivity index (χ1v) is 5.79. The maximum atomic E-state index is 11.8. The molecular formula is C13H13N4NiO4-3. The summed E-state index contributed by atoms with van der Waals surface area (Å²) in [6.07, 6.45) is 0. The van der Waals surface area contributed by atoms with E-state index in [2.05, 4.69) is 20.0 Å². The number of methoxy groups -OCH3 is 1. The van der Waals surface area contributed by atoms with Crippen molar-refractivity contribution in [3.05, 3.63) is 24.3 Å². The van der Waals surface area contributed by atoms with Crippen LogP contribution in [0.25, 0.3) is 0 Å². The Bertz CT molecular complexity index is 626. The molecule has 0 aromatic heterocycles. The van der Waals surface area contributed by atoms with E-state index in [0.717, 1.165) is 0 Å².